The third-order valence-electron chi connectivity index (χ3n) is 4.97. The van der Waals surface area contributed by atoms with E-state index in [-0.39, 0.29) is 5.91 Å². The van der Waals surface area contributed by atoms with Gasteiger partial charge in [-0.15, -0.1) is 0 Å². The van der Waals surface area contributed by atoms with Crippen molar-refractivity contribution < 1.29 is 4.79 Å². The molecule has 1 amide bonds. The average Bonchev–Trinajstić information content (AvgIpc) is 3.34. The maximum Gasteiger partial charge on any atom is 0.266 e. The number of thioether (sulfide) groups is 1. The molecule has 0 atom stereocenters. The van der Waals surface area contributed by atoms with Crippen molar-refractivity contribution in [3.8, 4) is 0 Å². The molecule has 2 aromatic carbocycles. The molecule has 152 valence electrons. The van der Waals surface area contributed by atoms with Crippen LogP contribution in [0, 0.1) is 0 Å². The van der Waals surface area contributed by atoms with Gasteiger partial charge in [-0.25, -0.2) is 4.99 Å². The van der Waals surface area contributed by atoms with E-state index in [1.165, 1.54) is 17.3 Å². The number of nitrogens with zero attached hydrogens (tertiary/aromatic N) is 3. The van der Waals surface area contributed by atoms with Crippen molar-refractivity contribution in [2.75, 3.05) is 6.54 Å². The number of aromatic nitrogens is 1. The van der Waals surface area contributed by atoms with E-state index >= 15 is 0 Å². The number of amides is 1. The lowest BCUT2D eigenvalue weighted by Crippen LogP contribution is -2.31. The molecule has 1 saturated heterocycles. The molecule has 0 bridgehead atoms. The van der Waals surface area contributed by atoms with Crippen LogP contribution in [0.25, 0.3) is 6.08 Å². The zero-order valence-corrected chi connectivity index (χ0v) is 18.0. The molecule has 0 spiro atoms. The number of rotatable bonds is 6. The van der Waals surface area contributed by atoms with Gasteiger partial charge in [-0.3, -0.25) is 9.69 Å². The number of amidine groups is 1. The van der Waals surface area contributed by atoms with Crippen molar-refractivity contribution in [1.82, 2.24) is 9.47 Å². The molecule has 0 N–H and O–H groups in total. The SMILES string of the molecule is CC(C)n1ccc(/C=C2/SC(=Nc3ccccc3)N(CCc3ccccc3)C2=O)c1. The molecule has 30 heavy (non-hydrogen) atoms. The van der Waals surface area contributed by atoms with Crippen LogP contribution in [-0.2, 0) is 11.2 Å². The molecule has 1 aromatic heterocycles. The van der Waals surface area contributed by atoms with Gasteiger partial charge in [0.1, 0.15) is 0 Å². The largest absolute Gasteiger partial charge is 0.351 e. The van der Waals surface area contributed by atoms with Crippen LogP contribution in [0.1, 0.15) is 31.0 Å². The molecule has 5 heteroatoms. The number of carbonyl (C=O) groups is 1. The number of benzene rings is 2. The standard InChI is InChI=1S/C25H25N3OS/c1-19(2)27-15-13-21(18-27)17-23-24(29)28(16-14-20-9-5-3-6-10-20)25(30-23)26-22-11-7-4-8-12-22/h3-13,15,17-19H,14,16H2,1-2H3/b23-17+,26-25?. The Morgan fingerprint density at radius 3 is 2.37 bits per heavy atom. The summed E-state index contributed by atoms with van der Waals surface area (Å²) in [4.78, 5) is 20.5. The van der Waals surface area contributed by atoms with E-state index in [4.69, 9.17) is 4.99 Å². The monoisotopic (exact) mass is 415 g/mol. The van der Waals surface area contributed by atoms with Gasteiger partial charge < -0.3 is 4.57 Å². The van der Waals surface area contributed by atoms with Crippen molar-refractivity contribution in [2.24, 2.45) is 4.99 Å². The Balaban J connectivity index is 1.61. The first kappa shape index (κ1) is 20.2. The first-order valence-electron chi connectivity index (χ1n) is 10.2. The second kappa shape index (κ2) is 9.18. The van der Waals surface area contributed by atoms with Crippen LogP contribution < -0.4 is 0 Å². The fourth-order valence-corrected chi connectivity index (χ4v) is 4.30. The molecule has 0 saturated carbocycles. The topological polar surface area (TPSA) is 37.6 Å². The minimum atomic E-state index is 0.0166. The van der Waals surface area contributed by atoms with E-state index in [0.717, 1.165) is 22.8 Å². The zero-order chi connectivity index (χ0) is 20.9. The molecule has 1 aliphatic rings. The molecule has 2 heterocycles. The highest BCUT2D eigenvalue weighted by Crippen LogP contribution is 2.34. The summed E-state index contributed by atoms with van der Waals surface area (Å²) in [6, 6.07) is 22.5. The number of aliphatic imine (C=N–C) groups is 1. The first-order chi connectivity index (χ1) is 14.6. The minimum Gasteiger partial charge on any atom is -0.351 e. The second-order valence-electron chi connectivity index (χ2n) is 7.52. The summed E-state index contributed by atoms with van der Waals surface area (Å²) in [6.45, 7) is 4.89. The molecule has 3 aromatic rings. The summed E-state index contributed by atoms with van der Waals surface area (Å²) in [5.41, 5.74) is 3.09. The highest BCUT2D eigenvalue weighted by molar-refractivity contribution is 8.18. The summed E-state index contributed by atoms with van der Waals surface area (Å²) in [5, 5.41) is 0.733. The van der Waals surface area contributed by atoms with Crippen LogP contribution in [0.2, 0.25) is 0 Å². The van der Waals surface area contributed by atoms with Crippen LogP contribution in [0.4, 0.5) is 5.69 Å². The van der Waals surface area contributed by atoms with Gasteiger partial charge in [0, 0.05) is 25.0 Å². The molecule has 0 radical (unpaired) electrons. The minimum absolute atomic E-state index is 0.0166. The Hall–Kier alpha value is -3.05. The van der Waals surface area contributed by atoms with Gasteiger partial charge in [0.05, 0.1) is 10.6 Å². The third kappa shape index (κ3) is 4.74. The second-order valence-corrected chi connectivity index (χ2v) is 8.53. The molecule has 4 nitrogen and oxygen atoms in total. The van der Waals surface area contributed by atoms with Crippen LogP contribution >= 0.6 is 11.8 Å². The smallest absolute Gasteiger partial charge is 0.266 e. The Kier molecular flexibility index (Phi) is 6.19. The summed E-state index contributed by atoms with van der Waals surface area (Å²) >= 11 is 1.45. The van der Waals surface area contributed by atoms with Crippen LogP contribution in [0.3, 0.4) is 0 Å². The highest BCUT2D eigenvalue weighted by Gasteiger charge is 2.33. The van der Waals surface area contributed by atoms with E-state index in [9.17, 15) is 4.79 Å². The molecule has 0 aliphatic carbocycles. The predicted molar refractivity (Wildman–Crippen MR) is 126 cm³/mol. The molecular formula is C25H25N3OS. The summed E-state index contributed by atoms with van der Waals surface area (Å²) in [7, 11) is 0. The normalized spacial score (nSPS) is 16.9. The quantitative estimate of drug-likeness (QED) is 0.469. The van der Waals surface area contributed by atoms with Gasteiger partial charge in [0.25, 0.3) is 5.91 Å². The van der Waals surface area contributed by atoms with Gasteiger partial charge in [-0.05, 0) is 67.4 Å². The average molecular weight is 416 g/mol. The fourth-order valence-electron chi connectivity index (χ4n) is 3.28. The maximum absolute atomic E-state index is 13.2. The Labute approximate surface area is 181 Å². The summed E-state index contributed by atoms with van der Waals surface area (Å²) in [6.07, 6.45) is 6.88. The van der Waals surface area contributed by atoms with Crippen molar-refractivity contribution in [1.29, 1.82) is 0 Å². The van der Waals surface area contributed by atoms with Crippen molar-refractivity contribution >= 4 is 34.6 Å². The Bertz CT molecular complexity index is 1070. The van der Waals surface area contributed by atoms with Crippen molar-refractivity contribution in [2.45, 2.75) is 26.3 Å². The van der Waals surface area contributed by atoms with Gasteiger partial charge >= 0.3 is 0 Å². The number of para-hydroxylation sites is 1. The first-order valence-corrected chi connectivity index (χ1v) is 11.0. The van der Waals surface area contributed by atoms with Crippen LogP contribution in [0.15, 0.2) is 89.0 Å². The summed E-state index contributed by atoms with van der Waals surface area (Å²) < 4.78 is 2.14. The highest BCUT2D eigenvalue weighted by atomic mass is 32.2. The molecule has 4 rings (SSSR count). The van der Waals surface area contributed by atoms with Gasteiger partial charge in [0.2, 0.25) is 0 Å². The van der Waals surface area contributed by atoms with Crippen molar-refractivity contribution in [3.63, 3.8) is 0 Å². The van der Waals surface area contributed by atoms with Gasteiger partial charge in [-0.1, -0.05) is 48.5 Å². The lowest BCUT2D eigenvalue weighted by molar-refractivity contribution is -0.122. The lowest BCUT2D eigenvalue weighted by Gasteiger charge is -2.15. The lowest BCUT2D eigenvalue weighted by atomic mass is 10.1. The number of hydrogen-bond donors (Lipinski definition) is 0. The molecule has 1 aliphatic heterocycles. The van der Waals surface area contributed by atoms with Crippen LogP contribution in [0.5, 0.6) is 0 Å². The van der Waals surface area contributed by atoms with E-state index in [1.54, 1.807) is 4.90 Å². The van der Waals surface area contributed by atoms with Crippen LogP contribution in [-0.4, -0.2) is 27.1 Å². The molecular weight excluding hydrogens is 390 g/mol. The zero-order valence-electron chi connectivity index (χ0n) is 17.2. The fraction of sp³-hybridized carbons (Fsp3) is 0.200. The van der Waals surface area contributed by atoms with Gasteiger partial charge in [-0.2, -0.15) is 0 Å². The summed E-state index contributed by atoms with van der Waals surface area (Å²) in [5.74, 6) is 0.0166. The number of carbonyl (C=O) groups excluding carboxylic acids is 1. The number of hydrogen-bond acceptors (Lipinski definition) is 3. The molecule has 0 unspecified atom stereocenters. The Morgan fingerprint density at radius 2 is 1.70 bits per heavy atom. The van der Waals surface area contributed by atoms with Crippen molar-refractivity contribution in [3.05, 3.63) is 95.2 Å². The third-order valence-corrected chi connectivity index (χ3v) is 5.97. The van der Waals surface area contributed by atoms with Gasteiger partial charge in [0.15, 0.2) is 5.17 Å². The Morgan fingerprint density at radius 1 is 1.00 bits per heavy atom. The van der Waals surface area contributed by atoms with E-state index in [1.807, 2.05) is 66.9 Å². The predicted octanol–water partition coefficient (Wildman–Crippen LogP) is 5.92. The van der Waals surface area contributed by atoms with E-state index in [0.29, 0.717) is 17.5 Å². The van der Waals surface area contributed by atoms with E-state index in [2.05, 4.69) is 36.7 Å². The maximum atomic E-state index is 13.2. The molecule has 1 fully saturated rings. The van der Waals surface area contributed by atoms with E-state index < -0.39 is 0 Å².